The number of aromatic nitrogens is 5. The Balaban J connectivity index is 1.02. The van der Waals surface area contributed by atoms with E-state index >= 15 is 0 Å². The van der Waals surface area contributed by atoms with Crippen molar-refractivity contribution >= 4 is 23.3 Å². The highest BCUT2D eigenvalue weighted by Crippen LogP contribution is 2.43. The average molecular weight is 842 g/mol. The van der Waals surface area contributed by atoms with Crippen LogP contribution in [0.25, 0.3) is 17.2 Å². The molecular formula is C51H51N7O5. The topological polar surface area (TPSA) is 126 Å². The van der Waals surface area contributed by atoms with Crippen LogP contribution in [0.3, 0.4) is 0 Å². The molecular weight excluding hydrogens is 791 g/mol. The number of benzene rings is 5. The fraction of sp³-hybridized carbons (Fsp3) is 0.275. The van der Waals surface area contributed by atoms with Crippen LogP contribution in [0.5, 0.6) is 0 Å². The summed E-state index contributed by atoms with van der Waals surface area (Å²) < 4.78 is 21.6. The van der Waals surface area contributed by atoms with E-state index in [0.717, 1.165) is 77.0 Å². The number of aryl methyl sites for hydroxylation is 1. The van der Waals surface area contributed by atoms with Gasteiger partial charge in [-0.1, -0.05) is 128 Å². The molecule has 9 rings (SSSR count). The fourth-order valence-electron chi connectivity index (χ4n) is 9.17. The molecule has 320 valence electrons. The maximum atomic E-state index is 13.8. The van der Waals surface area contributed by atoms with Crippen molar-refractivity contribution in [1.82, 2.24) is 24.8 Å². The van der Waals surface area contributed by atoms with Crippen molar-refractivity contribution in [2.45, 2.75) is 77.6 Å². The molecule has 5 aromatic carbocycles. The number of esters is 2. The third kappa shape index (κ3) is 8.10. The minimum atomic E-state index is -1.03. The molecule has 63 heavy (non-hydrogen) atoms. The number of hydrogen-bond donors (Lipinski definition) is 1. The Labute approximate surface area is 367 Å². The fourth-order valence-corrected chi connectivity index (χ4v) is 9.17. The normalized spacial score (nSPS) is 15.7. The molecule has 2 aromatic heterocycles. The number of tetrazole rings is 1. The van der Waals surface area contributed by atoms with Crippen LogP contribution >= 0.6 is 0 Å². The van der Waals surface area contributed by atoms with E-state index in [4.69, 9.17) is 24.5 Å². The summed E-state index contributed by atoms with van der Waals surface area (Å²) in [5.41, 5.74) is 7.67. The van der Waals surface area contributed by atoms with Gasteiger partial charge >= 0.3 is 11.9 Å². The number of carbonyl (C=O) groups is 2. The van der Waals surface area contributed by atoms with E-state index in [-0.39, 0.29) is 11.9 Å². The first-order valence-electron chi connectivity index (χ1n) is 21.8. The number of fused-ring (bicyclic) bond motifs is 1. The standard InChI is InChI=1S/C51H51N7O5/c1-4-61-50-52-44-27-17-26-43(49(60)63-36(3)62-48(59)38-18-9-5-10-19-38)46(44)57(50)34-37-28-30-42(31-29-37)56-33-35(2)32-45(56)47-53-54-55-58(47)51(39-20-11-6-12-21-39,40-22-13-7-14-23-40)41-24-15-8-16-25-41/h6-8,11-17,20-33,36,38,50,52H,4-5,9-10,18-19,34H2,1-3H3. The van der Waals surface area contributed by atoms with Gasteiger partial charge in [0.2, 0.25) is 18.5 Å². The Hall–Kier alpha value is -7.05. The van der Waals surface area contributed by atoms with Crippen LogP contribution in [-0.2, 0) is 31.1 Å². The lowest BCUT2D eigenvalue weighted by Crippen LogP contribution is -2.39. The first-order chi connectivity index (χ1) is 30.8. The highest BCUT2D eigenvalue weighted by atomic mass is 16.7. The molecule has 0 radical (unpaired) electrons. The predicted molar refractivity (Wildman–Crippen MR) is 241 cm³/mol. The van der Waals surface area contributed by atoms with Crippen LogP contribution in [0.2, 0.25) is 0 Å². The maximum Gasteiger partial charge on any atom is 0.343 e. The van der Waals surface area contributed by atoms with E-state index in [1.165, 1.54) is 0 Å². The second-order valence-electron chi connectivity index (χ2n) is 16.2. The number of hydrogen-bond acceptors (Lipinski definition) is 10. The second-order valence-corrected chi connectivity index (χ2v) is 16.2. The number of nitrogens with zero attached hydrogens (tertiary/aromatic N) is 6. The Morgan fingerprint density at radius 1 is 0.794 bits per heavy atom. The molecule has 3 heterocycles. The SMILES string of the molecule is CCOC1Nc2cccc(C(=O)OC(C)OC(=O)C3CCCCC3)c2N1Cc1ccc(-n2cc(C)cc2-c2nnnn2C(c2ccccc2)(c2ccccc2)c2ccccc2)cc1. The smallest absolute Gasteiger partial charge is 0.343 e. The van der Waals surface area contributed by atoms with E-state index in [0.29, 0.717) is 30.2 Å². The summed E-state index contributed by atoms with van der Waals surface area (Å²) >= 11 is 0. The van der Waals surface area contributed by atoms with Gasteiger partial charge in [-0.3, -0.25) is 4.79 Å². The molecule has 1 fully saturated rings. The first-order valence-corrected chi connectivity index (χ1v) is 21.8. The molecule has 0 saturated heterocycles. The van der Waals surface area contributed by atoms with Crippen molar-refractivity contribution in [3.8, 4) is 17.2 Å². The average Bonchev–Trinajstić information content (AvgIpc) is 4.06. The summed E-state index contributed by atoms with van der Waals surface area (Å²) in [7, 11) is 0. The molecule has 2 unspecified atom stereocenters. The first kappa shape index (κ1) is 41.3. The molecule has 1 aliphatic heterocycles. The molecule has 12 nitrogen and oxygen atoms in total. The van der Waals surface area contributed by atoms with Crippen molar-refractivity contribution in [1.29, 1.82) is 0 Å². The third-order valence-corrected chi connectivity index (χ3v) is 12.0. The van der Waals surface area contributed by atoms with Gasteiger partial charge in [0.1, 0.15) is 5.54 Å². The number of para-hydroxylation sites is 1. The lowest BCUT2D eigenvalue weighted by atomic mass is 9.77. The quantitative estimate of drug-likeness (QED) is 0.0643. The number of ether oxygens (including phenoxy) is 3. The molecule has 2 atom stereocenters. The minimum absolute atomic E-state index is 0.150. The Kier molecular flexibility index (Phi) is 11.9. The minimum Gasteiger partial charge on any atom is -0.425 e. The van der Waals surface area contributed by atoms with Crippen molar-refractivity contribution in [3.63, 3.8) is 0 Å². The summed E-state index contributed by atoms with van der Waals surface area (Å²) in [6, 6.07) is 47.0. The summed E-state index contributed by atoms with van der Waals surface area (Å²) in [6.45, 7) is 6.46. The Bertz CT molecular complexity index is 2560. The molecule has 0 spiro atoms. The van der Waals surface area contributed by atoms with Gasteiger partial charge in [0, 0.05) is 32.0 Å². The van der Waals surface area contributed by atoms with Gasteiger partial charge in [-0.25, -0.2) is 9.48 Å². The van der Waals surface area contributed by atoms with Crippen molar-refractivity contribution in [2.75, 3.05) is 16.8 Å². The molecule has 1 aliphatic carbocycles. The zero-order valence-electron chi connectivity index (χ0n) is 35.8. The monoisotopic (exact) mass is 841 g/mol. The van der Waals surface area contributed by atoms with Crippen LogP contribution in [0.4, 0.5) is 11.4 Å². The van der Waals surface area contributed by atoms with Gasteiger partial charge in [-0.2, -0.15) is 0 Å². The van der Waals surface area contributed by atoms with Gasteiger partial charge < -0.3 is 29.0 Å². The van der Waals surface area contributed by atoms with E-state index in [2.05, 4.69) is 94.9 Å². The van der Waals surface area contributed by atoms with Gasteiger partial charge in [-0.15, -0.1) is 5.10 Å². The zero-order valence-corrected chi connectivity index (χ0v) is 35.8. The molecule has 12 heteroatoms. The summed E-state index contributed by atoms with van der Waals surface area (Å²) in [6.07, 6.45) is 5.28. The van der Waals surface area contributed by atoms with Gasteiger partial charge in [0.05, 0.1) is 28.6 Å². The lowest BCUT2D eigenvalue weighted by molar-refractivity contribution is -0.171. The Morgan fingerprint density at radius 3 is 2.05 bits per heavy atom. The van der Waals surface area contributed by atoms with E-state index in [9.17, 15) is 9.59 Å². The van der Waals surface area contributed by atoms with Crippen molar-refractivity contribution in [3.05, 3.63) is 179 Å². The summed E-state index contributed by atoms with van der Waals surface area (Å²) in [5, 5.41) is 17.3. The highest BCUT2D eigenvalue weighted by molar-refractivity contribution is 6.01. The maximum absolute atomic E-state index is 13.8. The third-order valence-electron chi connectivity index (χ3n) is 12.0. The summed E-state index contributed by atoms with van der Waals surface area (Å²) in [5.74, 6) is -0.441. The van der Waals surface area contributed by atoms with Crippen LogP contribution < -0.4 is 10.2 Å². The van der Waals surface area contributed by atoms with Gasteiger partial charge in [-0.05, 0) is 95.3 Å². The summed E-state index contributed by atoms with van der Waals surface area (Å²) in [4.78, 5) is 28.6. The van der Waals surface area contributed by atoms with Gasteiger partial charge in [0.15, 0.2) is 0 Å². The van der Waals surface area contributed by atoms with Gasteiger partial charge in [0.25, 0.3) is 0 Å². The van der Waals surface area contributed by atoms with E-state index < -0.39 is 24.2 Å². The van der Waals surface area contributed by atoms with Crippen LogP contribution in [0.1, 0.15) is 84.1 Å². The molecule has 1 N–H and O–H groups in total. The predicted octanol–water partition coefficient (Wildman–Crippen LogP) is 9.66. The van der Waals surface area contributed by atoms with Crippen molar-refractivity contribution in [2.24, 2.45) is 5.92 Å². The van der Waals surface area contributed by atoms with Crippen molar-refractivity contribution < 1.29 is 23.8 Å². The zero-order chi connectivity index (χ0) is 43.3. The molecule has 2 aliphatic rings. The van der Waals surface area contributed by atoms with Crippen LogP contribution in [-0.4, -0.2) is 56.0 Å². The molecule has 0 bridgehead atoms. The number of nitrogens with one attached hydrogen (secondary N) is 1. The van der Waals surface area contributed by atoms with Crippen LogP contribution in [0.15, 0.2) is 146 Å². The van der Waals surface area contributed by atoms with Crippen LogP contribution in [0, 0.1) is 12.8 Å². The second kappa shape index (κ2) is 18.1. The number of carbonyl (C=O) groups excluding carboxylic acids is 2. The van der Waals surface area contributed by atoms with E-state index in [1.54, 1.807) is 19.1 Å². The highest BCUT2D eigenvalue weighted by Gasteiger charge is 2.42. The number of anilines is 2. The Morgan fingerprint density at radius 2 is 1.43 bits per heavy atom. The molecule has 7 aromatic rings. The molecule has 1 saturated carbocycles. The number of rotatable bonds is 14. The van der Waals surface area contributed by atoms with E-state index in [1.807, 2.05) is 77.2 Å². The lowest BCUT2D eigenvalue weighted by Gasteiger charge is -2.36. The molecule has 0 amide bonds. The largest absolute Gasteiger partial charge is 0.425 e.